The van der Waals surface area contributed by atoms with Crippen LogP contribution in [0.2, 0.25) is 0 Å². The second-order valence-corrected chi connectivity index (χ2v) is 4.21. The molecule has 0 radical (unpaired) electrons. The van der Waals surface area contributed by atoms with Crippen molar-refractivity contribution < 1.29 is 9.90 Å². The molecule has 0 aromatic carbocycles. The van der Waals surface area contributed by atoms with Crippen molar-refractivity contribution in [2.45, 2.75) is 39.2 Å². The number of rotatable bonds is 2. The molecule has 0 aliphatic rings. The van der Waals surface area contributed by atoms with E-state index >= 15 is 0 Å². The van der Waals surface area contributed by atoms with E-state index in [9.17, 15) is 4.79 Å². The number of aromatic nitrogens is 4. The first kappa shape index (κ1) is 10.6. The van der Waals surface area contributed by atoms with Gasteiger partial charge >= 0.3 is 5.97 Å². The van der Waals surface area contributed by atoms with E-state index < -0.39 is 12.0 Å². The summed E-state index contributed by atoms with van der Waals surface area (Å²) in [7, 11) is 0. The summed E-state index contributed by atoms with van der Waals surface area (Å²) in [5.74, 6) is -0.366. The number of hydrogen-bond acceptors (Lipinski definition) is 4. The van der Waals surface area contributed by atoms with Gasteiger partial charge in [0.2, 0.25) is 0 Å². The molecule has 1 aromatic heterocycles. The molecule has 0 spiro atoms. The zero-order valence-corrected chi connectivity index (χ0v) is 8.72. The summed E-state index contributed by atoms with van der Waals surface area (Å²) in [6, 6.07) is -0.737. The normalized spacial score (nSPS) is 14.0. The van der Waals surface area contributed by atoms with Gasteiger partial charge in [-0.15, -0.1) is 5.10 Å². The second kappa shape index (κ2) is 3.36. The minimum absolute atomic E-state index is 0.257. The third kappa shape index (κ3) is 1.89. The first-order valence-electron chi connectivity index (χ1n) is 4.35. The molecule has 6 nitrogen and oxygen atoms in total. The average molecular weight is 198 g/mol. The molecule has 1 heterocycles. The highest BCUT2D eigenvalue weighted by molar-refractivity contribution is 5.71. The SMILES string of the molecule is CC(C(=O)O)n1nnnc1C(C)(C)C. The van der Waals surface area contributed by atoms with Crippen LogP contribution in [-0.4, -0.2) is 31.3 Å². The predicted octanol–water partition coefficient (Wildman–Crippen LogP) is 0.616. The number of carboxylic acids is 1. The maximum absolute atomic E-state index is 10.8. The summed E-state index contributed by atoms with van der Waals surface area (Å²) >= 11 is 0. The van der Waals surface area contributed by atoms with E-state index in [1.54, 1.807) is 6.92 Å². The van der Waals surface area contributed by atoms with Crippen LogP contribution in [0.3, 0.4) is 0 Å². The van der Waals surface area contributed by atoms with E-state index in [0.29, 0.717) is 5.82 Å². The summed E-state index contributed by atoms with van der Waals surface area (Å²) in [5.41, 5.74) is -0.257. The van der Waals surface area contributed by atoms with Crippen LogP contribution in [0.5, 0.6) is 0 Å². The molecule has 78 valence electrons. The third-order valence-electron chi connectivity index (χ3n) is 1.89. The van der Waals surface area contributed by atoms with Gasteiger partial charge in [0.15, 0.2) is 5.82 Å². The molecule has 1 atom stereocenters. The fraction of sp³-hybridized carbons (Fsp3) is 0.750. The van der Waals surface area contributed by atoms with Crippen molar-refractivity contribution in [3.8, 4) is 0 Å². The lowest BCUT2D eigenvalue weighted by molar-refractivity contribution is -0.140. The molecule has 0 aliphatic carbocycles. The molecule has 0 saturated carbocycles. The number of carboxylic acid groups (broad SMARTS) is 1. The highest BCUT2D eigenvalue weighted by atomic mass is 16.4. The van der Waals surface area contributed by atoms with Gasteiger partial charge in [-0.3, -0.25) is 0 Å². The van der Waals surface area contributed by atoms with Crippen molar-refractivity contribution in [3.63, 3.8) is 0 Å². The Kier molecular flexibility index (Phi) is 2.55. The average Bonchev–Trinajstić information content (AvgIpc) is 2.48. The van der Waals surface area contributed by atoms with Crippen LogP contribution < -0.4 is 0 Å². The predicted molar refractivity (Wildman–Crippen MR) is 48.9 cm³/mol. The zero-order chi connectivity index (χ0) is 10.9. The summed E-state index contributed by atoms with van der Waals surface area (Å²) < 4.78 is 1.34. The summed E-state index contributed by atoms with van der Waals surface area (Å²) in [5, 5.41) is 19.8. The van der Waals surface area contributed by atoms with E-state index in [1.807, 2.05) is 20.8 Å². The first-order valence-corrected chi connectivity index (χ1v) is 4.35. The lowest BCUT2D eigenvalue weighted by atomic mass is 9.95. The van der Waals surface area contributed by atoms with Gasteiger partial charge in [0.05, 0.1) is 0 Å². The summed E-state index contributed by atoms with van der Waals surface area (Å²) in [6.45, 7) is 7.35. The lowest BCUT2D eigenvalue weighted by Gasteiger charge is -2.18. The minimum atomic E-state index is -0.942. The van der Waals surface area contributed by atoms with Gasteiger partial charge in [-0.1, -0.05) is 20.8 Å². The molecule has 1 unspecified atom stereocenters. The van der Waals surface area contributed by atoms with Crippen molar-refractivity contribution in [2.24, 2.45) is 0 Å². The maximum atomic E-state index is 10.8. The monoisotopic (exact) mass is 198 g/mol. The van der Waals surface area contributed by atoms with E-state index in [4.69, 9.17) is 5.11 Å². The molecular formula is C8H14N4O2. The molecule has 6 heteroatoms. The zero-order valence-electron chi connectivity index (χ0n) is 8.72. The van der Waals surface area contributed by atoms with Crippen molar-refractivity contribution in [2.75, 3.05) is 0 Å². The van der Waals surface area contributed by atoms with Crippen molar-refractivity contribution >= 4 is 5.97 Å². The Balaban J connectivity index is 3.11. The van der Waals surface area contributed by atoms with Crippen LogP contribution in [0, 0.1) is 0 Å². The molecule has 0 amide bonds. The highest BCUT2D eigenvalue weighted by Crippen LogP contribution is 2.21. The largest absolute Gasteiger partial charge is 0.480 e. The van der Waals surface area contributed by atoms with Gasteiger partial charge < -0.3 is 5.11 Å². The molecule has 0 aliphatic heterocycles. The smallest absolute Gasteiger partial charge is 0.328 e. The number of tetrazole rings is 1. The maximum Gasteiger partial charge on any atom is 0.328 e. The molecular weight excluding hydrogens is 184 g/mol. The van der Waals surface area contributed by atoms with E-state index in [2.05, 4.69) is 15.5 Å². The van der Waals surface area contributed by atoms with Crippen LogP contribution >= 0.6 is 0 Å². The highest BCUT2D eigenvalue weighted by Gasteiger charge is 2.26. The summed E-state index contributed by atoms with van der Waals surface area (Å²) in [4.78, 5) is 10.8. The topological polar surface area (TPSA) is 80.9 Å². The van der Waals surface area contributed by atoms with Crippen molar-refractivity contribution in [1.82, 2.24) is 20.2 Å². The fourth-order valence-corrected chi connectivity index (χ4v) is 1.05. The van der Waals surface area contributed by atoms with Crippen molar-refractivity contribution in [3.05, 3.63) is 5.82 Å². The molecule has 0 fully saturated rings. The number of nitrogens with zero attached hydrogens (tertiary/aromatic N) is 4. The van der Waals surface area contributed by atoms with Gasteiger partial charge in [-0.05, 0) is 17.4 Å². The molecule has 0 saturated heterocycles. The Bertz CT molecular complexity index is 339. The van der Waals surface area contributed by atoms with Gasteiger partial charge in [0.25, 0.3) is 0 Å². The van der Waals surface area contributed by atoms with E-state index in [-0.39, 0.29) is 5.41 Å². The van der Waals surface area contributed by atoms with Gasteiger partial charge in [-0.25, -0.2) is 9.48 Å². The molecule has 1 aromatic rings. The Morgan fingerprint density at radius 2 is 2.07 bits per heavy atom. The Morgan fingerprint density at radius 1 is 1.50 bits per heavy atom. The Labute approximate surface area is 81.9 Å². The lowest BCUT2D eigenvalue weighted by Crippen LogP contribution is -2.25. The van der Waals surface area contributed by atoms with Gasteiger partial charge in [-0.2, -0.15) is 0 Å². The summed E-state index contributed by atoms with van der Waals surface area (Å²) in [6.07, 6.45) is 0. The van der Waals surface area contributed by atoms with Gasteiger partial charge in [0, 0.05) is 5.41 Å². The molecule has 1 N–H and O–H groups in total. The molecule has 14 heavy (non-hydrogen) atoms. The van der Waals surface area contributed by atoms with E-state index in [1.165, 1.54) is 4.68 Å². The van der Waals surface area contributed by atoms with Crippen molar-refractivity contribution in [1.29, 1.82) is 0 Å². The Hall–Kier alpha value is -1.46. The van der Waals surface area contributed by atoms with Crippen LogP contribution in [0.1, 0.15) is 39.6 Å². The number of carbonyl (C=O) groups is 1. The van der Waals surface area contributed by atoms with Crippen LogP contribution in [0.25, 0.3) is 0 Å². The fourth-order valence-electron chi connectivity index (χ4n) is 1.05. The van der Waals surface area contributed by atoms with Crippen LogP contribution in [0.4, 0.5) is 0 Å². The quantitative estimate of drug-likeness (QED) is 0.753. The second-order valence-electron chi connectivity index (χ2n) is 4.21. The molecule has 1 rings (SSSR count). The number of hydrogen-bond donors (Lipinski definition) is 1. The molecule has 0 bridgehead atoms. The van der Waals surface area contributed by atoms with Crippen LogP contribution in [0.15, 0.2) is 0 Å². The standard InChI is InChI=1S/C8H14N4O2/c1-5(6(13)14)12-7(8(2,3)4)9-10-11-12/h5H,1-4H3,(H,13,14). The first-order chi connectivity index (χ1) is 6.34. The minimum Gasteiger partial charge on any atom is -0.480 e. The third-order valence-corrected chi connectivity index (χ3v) is 1.89. The van der Waals surface area contributed by atoms with Gasteiger partial charge in [0.1, 0.15) is 6.04 Å². The van der Waals surface area contributed by atoms with Crippen LogP contribution in [-0.2, 0) is 10.2 Å². The number of aliphatic carboxylic acids is 1. The van der Waals surface area contributed by atoms with E-state index in [0.717, 1.165) is 0 Å². The Morgan fingerprint density at radius 3 is 2.50 bits per heavy atom.